The first-order chi connectivity index (χ1) is 12.3. The van der Waals surface area contributed by atoms with E-state index in [1.807, 2.05) is 25.1 Å². The number of carbonyl (C=O) groups is 1. The molecule has 1 aromatic heterocycles. The minimum Gasteiger partial charge on any atom is -0.273 e. The van der Waals surface area contributed by atoms with Gasteiger partial charge in [-0.3, -0.25) is 9.78 Å². The summed E-state index contributed by atoms with van der Waals surface area (Å²) >= 11 is 0. The number of nitrogens with zero attached hydrogens (tertiary/aromatic N) is 3. The van der Waals surface area contributed by atoms with E-state index in [4.69, 9.17) is 0 Å². The molecule has 1 saturated heterocycles. The van der Waals surface area contributed by atoms with Gasteiger partial charge in [-0.05, 0) is 43.2 Å². The Morgan fingerprint density at radius 1 is 1.19 bits per heavy atom. The standard InChI is InChI=1S/C19H21N3O3S/c1-14-5-3-6-17(20-14)18(21-22-12-4-7-19(22)23)13-15-8-10-16(11-9-15)26(2,24)25/h3,5-6,8-11H,4,7,12-13H2,1-2H3/b21-18-. The van der Waals surface area contributed by atoms with Gasteiger partial charge in [0.1, 0.15) is 0 Å². The number of benzene rings is 1. The van der Waals surface area contributed by atoms with Crippen molar-refractivity contribution >= 4 is 21.5 Å². The highest BCUT2D eigenvalue weighted by Gasteiger charge is 2.21. The molecule has 2 aromatic rings. The summed E-state index contributed by atoms with van der Waals surface area (Å²) in [5.41, 5.74) is 3.19. The second kappa shape index (κ2) is 7.37. The van der Waals surface area contributed by atoms with Gasteiger partial charge in [-0.2, -0.15) is 5.10 Å². The van der Waals surface area contributed by atoms with Crippen molar-refractivity contribution in [1.82, 2.24) is 9.99 Å². The van der Waals surface area contributed by atoms with Gasteiger partial charge in [-0.1, -0.05) is 18.2 Å². The van der Waals surface area contributed by atoms with Crippen LogP contribution in [0.5, 0.6) is 0 Å². The summed E-state index contributed by atoms with van der Waals surface area (Å²) in [6.45, 7) is 2.52. The Bertz CT molecular complexity index is 950. The summed E-state index contributed by atoms with van der Waals surface area (Å²) in [6, 6.07) is 12.4. The van der Waals surface area contributed by atoms with Crippen LogP contribution in [0.25, 0.3) is 0 Å². The molecule has 0 unspecified atom stereocenters. The molecule has 7 heteroatoms. The van der Waals surface area contributed by atoms with Crippen LogP contribution in [0, 0.1) is 6.92 Å². The van der Waals surface area contributed by atoms with Crippen molar-refractivity contribution in [2.75, 3.05) is 12.8 Å². The van der Waals surface area contributed by atoms with Crippen molar-refractivity contribution in [2.24, 2.45) is 5.10 Å². The first-order valence-electron chi connectivity index (χ1n) is 8.44. The van der Waals surface area contributed by atoms with Crippen LogP contribution in [0.2, 0.25) is 0 Å². The Labute approximate surface area is 153 Å². The average molecular weight is 371 g/mol. The Balaban J connectivity index is 1.93. The maximum Gasteiger partial charge on any atom is 0.242 e. The second-order valence-electron chi connectivity index (χ2n) is 6.42. The third-order valence-electron chi connectivity index (χ3n) is 4.20. The molecule has 3 rings (SSSR count). The molecule has 1 fully saturated rings. The summed E-state index contributed by atoms with van der Waals surface area (Å²) in [5, 5.41) is 6.06. The van der Waals surface area contributed by atoms with Crippen molar-refractivity contribution in [3.8, 4) is 0 Å². The molecule has 1 aromatic carbocycles. The van der Waals surface area contributed by atoms with E-state index >= 15 is 0 Å². The van der Waals surface area contributed by atoms with Gasteiger partial charge in [-0.25, -0.2) is 13.4 Å². The molecule has 0 spiro atoms. The highest BCUT2D eigenvalue weighted by Crippen LogP contribution is 2.16. The molecule has 2 heterocycles. The highest BCUT2D eigenvalue weighted by molar-refractivity contribution is 7.90. The van der Waals surface area contributed by atoms with E-state index in [-0.39, 0.29) is 10.8 Å². The SMILES string of the molecule is Cc1cccc(/C(Cc2ccc(S(C)(=O)=O)cc2)=N\N2CCCC2=O)n1. The normalized spacial score (nSPS) is 15.5. The average Bonchev–Trinajstić information content (AvgIpc) is 2.99. The fourth-order valence-corrected chi connectivity index (χ4v) is 3.44. The lowest BCUT2D eigenvalue weighted by atomic mass is 10.1. The Hall–Kier alpha value is -2.54. The van der Waals surface area contributed by atoms with Crippen LogP contribution in [0.1, 0.15) is 29.8 Å². The lowest BCUT2D eigenvalue weighted by Gasteiger charge is -2.13. The minimum absolute atomic E-state index is 0.0163. The van der Waals surface area contributed by atoms with E-state index in [9.17, 15) is 13.2 Å². The van der Waals surface area contributed by atoms with E-state index in [1.165, 1.54) is 11.3 Å². The molecule has 1 aliphatic heterocycles. The van der Waals surface area contributed by atoms with E-state index in [0.29, 0.717) is 25.1 Å². The van der Waals surface area contributed by atoms with E-state index in [0.717, 1.165) is 23.4 Å². The molecule has 26 heavy (non-hydrogen) atoms. The fraction of sp³-hybridized carbons (Fsp3) is 0.316. The number of aromatic nitrogens is 1. The van der Waals surface area contributed by atoms with Gasteiger partial charge in [-0.15, -0.1) is 0 Å². The molecule has 0 radical (unpaired) electrons. The van der Waals surface area contributed by atoms with Crippen molar-refractivity contribution < 1.29 is 13.2 Å². The number of hydrazone groups is 1. The van der Waals surface area contributed by atoms with Gasteiger partial charge in [0.2, 0.25) is 5.91 Å². The van der Waals surface area contributed by atoms with Crippen LogP contribution in [-0.2, 0) is 21.1 Å². The molecule has 136 valence electrons. The lowest BCUT2D eigenvalue weighted by Crippen LogP contribution is -2.22. The first-order valence-corrected chi connectivity index (χ1v) is 10.3. The molecule has 1 aliphatic rings. The van der Waals surface area contributed by atoms with Crippen LogP contribution < -0.4 is 0 Å². The molecule has 0 aliphatic carbocycles. The Morgan fingerprint density at radius 3 is 2.50 bits per heavy atom. The number of amides is 1. The summed E-state index contributed by atoms with van der Waals surface area (Å²) < 4.78 is 23.2. The third kappa shape index (κ3) is 4.35. The topological polar surface area (TPSA) is 79.7 Å². The summed E-state index contributed by atoms with van der Waals surface area (Å²) in [7, 11) is -3.23. The van der Waals surface area contributed by atoms with Gasteiger partial charge < -0.3 is 0 Å². The predicted octanol–water partition coefficient (Wildman–Crippen LogP) is 2.36. The van der Waals surface area contributed by atoms with Crippen molar-refractivity contribution in [2.45, 2.75) is 31.1 Å². The quantitative estimate of drug-likeness (QED) is 0.756. The largest absolute Gasteiger partial charge is 0.273 e. The zero-order chi connectivity index (χ0) is 18.7. The lowest BCUT2D eigenvalue weighted by molar-refractivity contribution is -0.127. The van der Waals surface area contributed by atoms with Gasteiger partial charge >= 0.3 is 0 Å². The number of pyridine rings is 1. The molecule has 0 saturated carbocycles. The number of rotatable bonds is 5. The zero-order valence-corrected chi connectivity index (χ0v) is 15.7. The van der Waals surface area contributed by atoms with E-state index in [1.54, 1.807) is 24.3 Å². The van der Waals surface area contributed by atoms with Crippen LogP contribution in [0.4, 0.5) is 0 Å². The van der Waals surface area contributed by atoms with E-state index < -0.39 is 9.84 Å². The zero-order valence-electron chi connectivity index (χ0n) is 14.8. The van der Waals surface area contributed by atoms with Crippen molar-refractivity contribution in [3.63, 3.8) is 0 Å². The Morgan fingerprint density at radius 2 is 1.92 bits per heavy atom. The van der Waals surface area contributed by atoms with Crippen molar-refractivity contribution in [3.05, 3.63) is 59.4 Å². The van der Waals surface area contributed by atoms with Gasteiger partial charge in [0, 0.05) is 31.3 Å². The number of carbonyl (C=O) groups excluding carboxylic acids is 1. The minimum atomic E-state index is -3.23. The van der Waals surface area contributed by atoms with E-state index in [2.05, 4.69) is 10.1 Å². The van der Waals surface area contributed by atoms with Crippen LogP contribution >= 0.6 is 0 Å². The molecule has 6 nitrogen and oxygen atoms in total. The van der Waals surface area contributed by atoms with Crippen LogP contribution in [0.15, 0.2) is 52.5 Å². The molecule has 0 bridgehead atoms. The van der Waals surface area contributed by atoms with Gasteiger partial charge in [0.25, 0.3) is 0 Å². The Kier molecular flexibility index (Phi) is 5.18. The van der Waals surface area contributed by atoms with Gasteiger partial charge in [0.05, 0.1) is 16.3 Å². The first kappa shape index (κ1) is 18.3. The maximum absolute atomic E-state index is 11.9. The smallest absolute Gasteiger partial charge is 0.242 e. The second-order valence-corrected chi connectivity index (χ2v) is 8.44. The van der Waals surface area contributed by atoms with Crippen LogP contribution in [-0.4, -0.2) is 42.8 Å². The summed E-state index contributed by atoms with van der Waals surface area (Å²) in [5.74, 6) is 0.0163. The number of sulfone groups is 1. The van der Waals surface area contributed by atoms with Crippen LogP contribution in [0.3, 0.4) is 0 Å². The number of aryl methyl sites for hydroxylation is 1. The highest BCUT2D eigenvalue weighted by atomic mass is 32.2. The monoisotopic (exact) mass is 371 g/mol. The van der Waals surface area contributed by atoms with Gasteiger partial charge in [0.15, 0.2) is 9.84 Å². The molecular formula is C19H21N3O3S. The summed E-state index contributed by atoms with van der Waals surface area (Å²) in [4.78, 5) is 16.8. The molecule has 0 N–H and O–H groups in total. The molecule has 0 atom stereocenters. The maximum atomic E-state index is 11.9. The third-order valence-corrected chi connectivity index (χ3v) is 5.33. The number of hydrogen-bond donors (Lipinski definition) is 0. The fourth-order valence-electron chi connectivity index (χ4n) is 2.81. The summed E-state index contributed by atoms with van der Waals surface area (Å²) in [6.07, 6.45) is 2.97. The predicted molar refractivity (Wildman–Crippen MR) is 99.7 cm³/mol. The molecule has 1 amide bonds. The van der Waals surface area contributed by atoms with Crippen molar-refractivity contribution in [1.29, 1.82) is 0 Å². The molecular weight excluding hydrogens is 350 g/mol. The number of hydrogen-bond acceptors (Lipinski definition) is 5.